The number of benzene rings is 1. The largest absolute Gasteiger partial charge is 0.396 e. The summed E-state index contributed by atoms with van der Waals surface area (Å²) in [6.07, 6.45) is 1.35. The molecule has 1 atom stereocenters. The van der Waals surface area contributed by atoms with Gasteiger partial charge in [0.2, 0.25) is 5.91 Å². The molecule has 1 aliphatic heterocycles. The van der Waals surface area contributed by atoms with Crippen LogP contribution in [0.2, 0.25) is 0 Å². The van der Waals surface area contributed by atoms with Gasteiger partial charge < -0.3 is 10.4 Å². The second kappa shape index (κ2) is 7.88. The van der Waals surface area contributed by atoms with Gasteiger partial charge in [0.15, 0.2) is 0 Å². The molecule has 1 amide bonds. The summed E-state index contributed by atoms with van der Waals surface area (Å²) in [6.45, 7) is 5.01. The summed E-state index contributed by atoms with van der Waals surface area (Å²) >= 11 is 1.53. The van der Waals surface area contributed by atoms with Crippen molar-refractivity contribution in [3.8, 4) is 0 Å². The highest BCUT2D eigenvalue weighted by molar-refractivity contribution is 7.09. The minimum atomic E-state index is -0.0405. The monoisotopic (exact) mass is 345 g/mol. The number of nitrogens with zero attached hydrogens (tertiary/aromatic N) is 2. The first-order chi connectivity index (χ1) is 11.6. The molecule has 1 saturated heterocycles. The number of aryl methyl sites for hydroxylation is 1. The van der Waals surface area contributed by atoms with Crippen molar-refractivity contribution in [3.63, 3.8) is 0 Å². The Morgan fingerprint density at radius 1 is 1.42 bits per heavy atom. The van der Waals surface area contributed by atoms with E-state index < -0.39 is 0 Å². The number of anilines is 1. The molecule has 2 N–H and O–H groups in total. The van der Waals surface area contributed by atoms with E-state index in [0.29, 0.717) is 12.3 Å². The van der Waals surface area contributed by atoms with Gasteiger partial charge in [0.1, 0.15) is 5.01 Å². The number of likely N-dealkylation sites (tertiary alicyclic amines) is 1. The second-order valence-electron chi connectivity index (χ2n) is 6.40. The first-order valence-corrected chi connectivity index (χ1v) is 9.13. The zero-order valence-corrected chi connectivity index (χ0v) is 14.7. The van der Waals surface area contributed by atoms with Gasteiger partial charge in [-0.25, -0.2) is 4.98 Å². The molecule has 1 aliphatic rings. The van der Waals surface area contributed by atoms with Crippen LogP contribution in [0.5, 0.6) is 0 Å². The molecule has 24 heavy (non-hydrogen) atoms. The topological polar surface area (TPSA) is 65.5 Å². The summed E-state index contributed by atoms with van der Waals surface area (Å²) in [7, 11) is 0. The first-order valence-electron chi connectivity index (χ1n) is 8.25. The summed E-state index contributed by atoms with van der Waals surface area (Å²) < 4.78 is 0. The van der Waals surface area contributed by atoms with Gasteiger partial charge in [0.05, 0.1) is 12.1 Å². The van der Waals surface area contributed by atoms with Crippen LogP contribution in [0.15, 0.2) is 29.6 Å². The van der Waals surface area contributed by atoms with Gasteiger partial charge in [0.25, 0.3) is 0 Å². The predicted octanol–water partition coefficient (Wildman–Crippen LogP) is 2.45. The molecule has 5 nitrogen and oxygen atoms in total. The molecule has 6 heteroatoms. The molecule has 2 aromatic rings. The summed E-state index contributed by atoms with van der Waals surface area (Å²) in [5, 5.41) is 15.0. The van der Waals surface area contributed by atoms with Crippen LogP contribution in [-0.4, -0.2) is 40.6 Å². The van der Waals surface area contributed by atoms with E-state index in [0.717, 1.165) is 42.4 Å². The molecular weight excluding hydrogens is 322 g/mol. The number of nitrogens with one attached hydrogen (secondary N) is 1. The number of thiazole rings is 1. The van der Waals surface area contributed by atoms with Gasteiger partial charge in [-0.2, -0.15) is 0 Å². The number of hydrogen-bond acceptors (Lipinski definition) is 5. The minimum absolute atomic E-state index is 0.0405. The minimum Gasteiger partial charge on any atom is -0.396 e. The van der Waals surface area contributed by atoms with Gasteiger partial charge in [-0.1, -0.05) is 17.7 Å². The standard InChI is InChI=1S/C18H23N3O2S/c1-13-2-4-15(5-3-13)19-17(23)8-18-20-16(12-24-18)10-21-7-6-14(9-21)11-22/h2-5,12,14,22H,6-11H2,1H3,(H,19,23). The predicted molar refractivity (Wildman–Crippen MR) is 96.1 cm³/mol. The van der Waals surface area contributed by atoms with Crippen molar-refractivity contribution >= 4 is 22.9 Å². The third-order valence-electron chi connectivity index (χ3n) is 4.26. The van der Waals surface area contributed by atoms with Gasteiger partial charge >= 0.3 is 0 Å². The Morgan fingerprint density at radius 2 is 2.21 bits per heavy atom. The molecule has 1 aromatic carbocycles. The normalized spacial score (nSPS) is 18.0. The van der Waals surface area contributed by atoms with Crippen LogP contribution in [0.3, 0.4) is 0 Å². The van der Waals surface area contributed by atoms with Crippen LogP contribution in [0.4, 0.5) is 5.69 Å². The van der Waals surface area contributed by atoms with Crippen molar-refractivity contribution in [1.29, 1.82) is 0 Å². The fourth-order valence-corrected chi connectivity index (χ4v) is 3.70. The Hall–Kier alpha value is -1.76. The third-order valence-corrected chi connectivity index (χ3v) is 5.16. The summed E-state index contributed by atoms with van der Waals surface area (Å²) in [5.41, 5.74) is 2.99. The zero-order chi connectivity index (χ0) is 16.9. The molecular formula is C18H23N3O2S. The lowest BCUT2D eigenvalue weighted by molar-refractivity contribution is -0.115. The van der Waals surface area contributed by atoms with Crippen LogP contribution in [-0.2, 0) is 17.8 Å². The molecule has 2 heterocycles. The quantitative estimate of drug-likeness (QED) is 0.844. The molecule has 0 saturated carbocycles. The van der Waals surface area contributed by atoms with E-state index in [9.17, 15) is 9.90 Å². The van der Waals surface area contributed by atoms with Crippen LogP contribution in [0.25, 0.3) is 0 Å². The van der Waals surface area contributed by atoms with Gasteiger partial charge in [-0.3, -0.25) is 9.69 Å². The smallest absolute Gasteiger partial charge is 0.231 e. The molecule has 0 radical (unpaired) electrons. The van der Waals surface area contributed by atoms with E-state index >= 15 is 0 Å². The highest BCUT2D eigenvalue weighted by Crippen LogP contribution is 2.19. The van der Waals surface area contributed by atoms with E-state index in [1.54, 1.807) is 0 Å². The number of amides is 1. The molecule has 0 spiro atoms. The van der Waals surface area contributed by atoms with Crippen molar-refractivity contribution in [2.45, 2.75) is 26.3 Å². The van der Waals surface area contributed by atoms with Crippen LogP contribution >= 0.6 is 11.3 Å². The number of carbonyl (C=O) groups is 1. The third kappa shape index (κ3) is 4.63. The molecule has 1 unspecified atom stereocenters. The maximum atomic E-state index is 12.1. The average Bonchev–Trinajstić information content (AvgIpc) is 3.19. The lowest BCUT2D eigenvalue weighted by Crippen LogP contribution is -2.21. The van der Waals surface area contributed by atoms with Gasteiger partial charge in [0, 0.05) is 30.8 Å². The van der Waals surface area contributed by atoms with E-state index in [4.69, 9.17) is 0 Å². The molecule has 0 aliphatic carbocycles. The highest BCUT2D eigenvalue weighted by atomic mass is 32.1. The van der Waals surface area contributed by atoms with E-state index in [-0.39, 0.29) is 12.5 Å². The lowest BCUT2D eigenvalue weighted by Gasteiger charge is -2.13. The average molecular weight is 345 g/mol. The molecule has 0 bridgehead atoms. The first kappa shape index (κ1) is 17.1. The number of aliphatic hydroxyl groups is 1. The van der Waals surface area contributed by atoms with Gasteiger partial charge in [-0.15, -0.1) is 11.3 Å². The van der Waals surface area contributed by atoms with Crippen molar-refractivity contribution < 1.29 is 9.90 Å². The maximum Gasteiger partial charge on any atom is 0.231 e. The number of aliphatic hydroxyl groups excluding tert-OH is 1. The van der Waals surface area contributed by atoms with Crippen molar-refractivity contribution in [3.05, 3.63) is 45.9 Å². The highest BCUT2D eigenvalue weighted by Gasteiger charge is 2.22. The van der Waals surface area contributed by atoms with Crippen LogP contribution < -0.4 is 5.32 Å². The fourth-order valence-electron chi connectivity index (χ4n) is 2.92. The number of rotatable bonds is 6. The van der Waals surface area contributed by atoms with Gasteiger partial charge in [-0.05, 0) is 37.9 Å². The number of carbonyl (C=O) groups excluding carboxylic acids is 1. The molecule has 128 valence electrons. The SMILES string of the molecule is Cc1ccc(NC(=O)Cc2nc(CN3CCC(CO)C3)cs2)cc1. The summed E-state index contributed by atoms with van der Waals surface area (Å²) in [4.78, 5) is 19.0. The summed E-state index contributed by atoms with van der Waals surface area (Å²) in [6, 6.07) is 7.77. The van der Waals surface area contributed by atoms with Crippen LogP contribution in [0, 0.1) is 12.8 Å². The van der Waals surface area contributed by atoms with E-state index in [1.165, 1.54) is 16.9 Å². The van der Waals surface area contributed by atoms with Crippen molar-refractivity contribution in [2.24, 2.45) is 5.92 Å². The Balaban J connectivity index is 1.50. The zero-order valence-electron chi connectivity index (χ0n) is 13.9. The maximum absolute atomic E-state index is 12.1. The molecule has 1 fully saturated rings. The van der Waals surface area contributed by atoms with E-state index in [1.807, 2.05) is 36.6 Å². The molecule has 3 rings (SSSR count). The number of hydrogen-bond donors (Lipinski definition) is 2. The van der Waals surface area contributed by atoms with Crippen molar-refractivity contribution in [1.82, 2.24) is 9.88 Å². The Morgan fingerprint density at radius 3 is 2.92 bits per heavy atom. The molecule has 1 aromatic heterocycles. The Labute approximate surface area is 146 Å². The van der Waals surface area contributed by atoms with E-state index in [2.05, 4.69) is 15.2 Å². The second-order valence-corrected chi connectivity index (χ2v) is 7.34. The van der Waals surface area contributed by atoms with Crippen LogP contribution in [0.1, 0.15) is 22.7 Å². The number of aromatic nitrogens is 1. The summed E-state index contributed by atoms with van der Waals surface area (Å²) in [5.74, 6) is 0.352. The lowest BCUT2D eigenvalue weighted by atomic mass is 10.1. The van der Waals surface area contributed by atoms with Crippen molar-refractivity contribution in [2.75, 3.05) is 25.0 Å². The fraction of sp³-hybridized carbons (Fsp3) is 0.444. The Kier molecular flexibility index (Phi) is 5.60. The Bertz CT molecular complexity index is 684.